The highest BCUT2D eigenvalue weighted by atomic mass is 35.5. The molecule has 2 rings (SSSR count). The van der Waals surface area contributed by atoms with E-state index in [4.69, 9.17) is 16.3 Å². The summed E-state index contributed by atoms with van der Waals surface area (Å²) in [5, 5.41) is 10.5. The van der Waals surface area contributed by atoms with Crippen molar-refractivity contribution in [3.8, 4) is 11.5 Å². The second-order valence-electron chi connectivity index (χ2n) is 5.55. The second-order valence-corrected chi connectivity index (χ2v) is 5.99. The summed E-state index contributed by atoms with van der Waals surface area (Å²) < 4.78 is 5.29. The lowest BCUT2D eigenvalue weighted by Gasteiger charge is -2.12. The second kappa shape index (κ2) is 6.84. The molecule has 0 aromatic heterocycles. The summed E-state index contributed by atoms with van der Waals surface area (Å²) in [6, 6.07) is 9.10. The van der Waals surface area contributed by atoms with Crippen molar-refractivity contribution in [2.45, 2.75) is 20.8 Å². The predicted molar refractivity (Wildman–Crippen MR) is 88.4 cm³/mol. The van der Waals surface area contributed by atoms with E-state index in [1.807, 2.05) is 0 Å². The summed E-state index contributed by atoms with van der Waals surface area (Å²) in [7, 11) is 0. The summed E-state index contributed by atoms with van der Waals surface area (Å²) in [6.07, 6.45) is 0. The van der Waals surface area contributed by atoms with Crippen molar-refractivity contribution < 1.29 is 19.4 Å². The zero-order valence-electron chi connectivity index (χ0n) is 13.1. The third kappa shape index (κ3) is 3.90. The topological polar surface area (TPSA) is 63.6 Å². The average Bonchev–Trinajstić information content (AvgIpc) is 2.50. The molecular formula is C18H17ClO4. The molecule has 4 nitrogen and oxygen atoms in total. The van der Waals surface area contributed by atoms with Gasteiger partial charge in [0, 0.05) is 17.0 Å². The summed E-state index contributed by atoms with van der Waals surface area (Å²) in [5.41, 5.74) is 1.16. The van der Waals surface area contributed by atoms with Gasteiger partial charge < -0.3 is 9.84 Å². The van der Waals surface area contributed by atoms with Crippen LogP contribution in [0.2, 0.25) is 5.02 Å². The largest absolute Gasteiger partial charge is 0.507 e. The van der Waals surface area contributed by atoms with E-state index in [2.05, 4.69) is 0 Å². The molecule has 5 heteroatoms. The third-order valence-electron chi connectivity index (χ3n) is 3.37. The van der Waals surface area contributed by atoms with Gasteiger partial charge >= 0.3 is 5.97 Å². The number of halogens is 1. The number of carbonyl (C=O) groups is 2. The summed E-state index contributed by atoms with van der Waals surface area (Å²) in [6.45, 7) is 5.22. The van der Waals surface area contributed by atoms with Gasteiger partial charge in [-0.05, 0) is 42.8 Å². The Morgan fingerprint density at radius 2 is 1.74 bits per heavy atom. The Labute approximate surface area is 139 Å². The average molecular weight is 333 g/mol. The standard InChI is InChI=1S/C18H17ClO4/c1-10(2)17(21)14-8-11(3)16(9-15(14)20)23-18(22)12-4-6-13(19)7-5-12/h4-10,20H,1-3H3. The van der Waals surface area contributed by atoms with E-state index >= 15 is 0 Å². The lowest BCUT2D eigenvalue weighted by Crippen LogP contribution is -2.11. The number of phenolic OH excluding ortho intramolecular Hbond substituents is 1. The predicted octanol–water partition coefficient (Wildman–Crippen LogP) is 4.41. The van der Waals surface area contributed by atoms with E-state index in [0.717, 1.165) is 0 Å². The van der Waals surface area contributed by atoms with Crippen molar-refractivity contribution >= 4 is 23.4 Å². The lowest BCUT2D eigenvalue weighted by atomic mass is 9.98. The van der Waals surface area contributed by atoms with Gasteiger partial charge in [-0.1, -0.05) is 25.4 Å². The van der Waals surface area contributed by atoms with Gasteiger partial charge in [-0.25, -0.2) is 4.79 Å². The van der Waals surface area contributed by atoms with Gasteiger partial charge in [-0.2, -0.15) is 0 Å². The van der Waals surface area contributed by atoms with E-state index in [9.17, 15) is 14.7 Å². The Hall–Kier alpha value is -2.33. The number of esters is 1. The molecule has 2 aromatic rings. The van der Waals surface area contributed by atoms with Crippen molar-refractivity contribution in [3.05, 3.63) is 58.1 Å². The van der Waals surface area contributed by atoms with E-state index < -0.39 is 5.97 Å². The molecule has 0 radical (unpaired) electrons. The molecule has 0 spiro atoms. The minimum absolute atomic E-state index is 0.166. The molecule has 1 N–H and O–H groups in total. The summed E-state index contributed by atoms with van der Waals surface area (Å²) in [5.74, 6) is -0.952. The maximum absolute atomic E-state index is 12.1. The summed E-state index contributed by atoms with van der Waals surface area (Å²) in [4.78, 5) is 24.1. The monoisotopic (exact) mass is 332 g/mol. The number of Topliss-reactive ketones (excluding diaryl/α,β-unsaturated/α-hetero) is 1. The van der Waals surface area contributed by atoms with Crippen LogP contribution >= 0.6 is 11.6 Å². The summed E-state index contributed by atoms with van der Waals surface area (Å²) >= 11 is 5.78. The molecule has 0 aliphatic carbocycles. The highest BCUT2D eigenvalue weighted by Gasteiger charge is 2.18. The van der Waals surface area contributed by atoms with Crippen LogP contribution in [-0.4, -0.2) is 16.9 Å². The Kier molecular flexibility index (Phi) is 5.06. The van der Waals surface area contributed by atoms with Crippen LogP contribution < -0.4 is 4.74 Å². The van der Waals surface area contributed by atoms with Crippen molar-refractivity contribution in [1.29, 1.82) is 0 Å². The molecular weight excluding hydrogens is 316 g/mol. The number of aryl methyl sites for hydroxylation is 1. The molecule has 0 aliphatic heterocycles. The van der Waals surface area contributed by atoms with Gasteiger partial charge in [0.05, 0.1) is 11.1 Å². The van der Waals surface area contributed by atoms with Crippen molar-refractivity contribution in [2.24, 2.45) is 5.92 Å². The number of benzene rings is 2. The van der Waals surface area contributed by atoms with Crippen LogP contribution in [0.4, 0.5) is 0 Å². The van der Waals surface area contributed by atoms with Gasteiger partial charge in [0.2, 0.25) is 0 Å². The first-order valence-corrected chi connectivity index (χ1v) is 7.53. The maximum atomic E-state index is 12.1. The van der Waals surface area contributed by atoms with Gasteiger partial charge in [-0.15, -0.1) is 0 Å². The van der Waals surface area contributed by atoms with E-state index in [0.29, 0.717) is 16.1 Å². The number of ether oxygens (including phenoxy) is 1. The van der Waals surface area contributed by atoms with Crippen LogP contribution in [0.15, 0.2) is 36.4 Å². The highest BCUT2D eigenvalue weighted by Crippen LogP contribution is 2.30. The van der Waals surface area contributed by atoms with Crippen molar-refractivity contribution in [2.75, 3.05) is 0 Å². The molecule has 0 amide bonds. The fraction of sp³-hybridized carbons (Fsp3) is 0.222. The Morgan fingerprint density at radius 1 is 1.13 bits per heavy atom. The Bertz CT molecular complexity index is 748. The van der Waals surface area contributed by atoms with Crippen LogP contribution in [0.1, 0.15) is 40.1 Å². The molecule has 0 saturated carbocycles. The van der Waals surface area contributed by atoms with Crippen LogP contribution in [0, 0.1) is 12.8 Å². The zero-order valence-corrected chi connectivity index (χ0v) is 13.8. The third-order valence-corrected chi connectivity index (χ3v) is 3.62. The molecule has 0 bridgehead atoms. The molecule has 0 atom stereocenters. The number of aromatic hydroxyl groups is 1. The zero-order chi connectivity index (χ0) is 17.1. The normalized spacial score (nSPS) is 10.7. The van der Waals surface area contributed by atoms with Crippen LogP contribution in [0.5, 0.6) is 11.5 Å². The van der Waals surface area contributed by atoms with Gasteiger partial charge in [-0.3, -0.25) is 4.79 Å². The molecule has 0 fully saturated rings. The minimum atomic E-state index is -0.563. The molecule has 0 aliphatic rings. The smallest absolute Gasteiger partial charge is 0.343 e. The number of hydrogen-bond donors (Lipinski definition) is 1. The first kappa shape index (κ1) is 17.0. The van der Waals surface area contributed by atoms with Crippen molar-refractivity contribution in [1.82, 2.24) is 0 Å². The highest BCUT2D eigenvalue weighted by molar-refractivity contribution is 6.30. The number of hydrogen-bond acceptors (Lipinski definition) is 4. The number of ketones is 1. The number of phenols is 1. The molecule has 0 heterocycles. The molecule has 2 aromatic carbocycles. The molecule has 0 unspecified atom stereocenters. The fourth-order valence-electron chi connectivity index (χ4n) is 2.04. The lowest BCUT2D eigenvalue weighted by molar-refractivity contribution is 0.0733. The molecule has 23 heavy (non-hydrogen) atoms. The minimum Gasteiger partial charge on any atom is -0.507 e. The number of rotatable bonds is 4. The maximum Gasteiger partial charge on any atom is 0.343 e. The van der Waals surface area contributed by atoms with E-state index in [1.165, 1.54) is 12.1 Å². The van der Waals surface area contributed by atoms with Crippen LogP contribution in [0.25, 0.3) is 0 Å². The first-order chi connectivity index (χ1) is 10.8. The van der Waals surface area contributed by atoms with Gasteiger partial charge in [0.1, 0.15) is 11.5 Å². The van der Waals surface area contributed by atoms with Crippen LogP contribution in [-0.2, 0) is 0 Å². The number of carbonyl (C=O) groups excluding carboxylic acids is 2. The Balaban J connectivity index is 2.27. The SMILES string of the molecule is Cc1cc(C(=O)C(C)C)c(O)cc1OC(=O)c1ccc(Cl)cc1. The fourth-order valence-corrected chi connectivity index (χ4v) is 2.17. The van der Waals surface area contributed by atoms with Crippen molar-refractivity contribution in [3.63, 3.8) is 0 Å². The molecule has 120 valence electrons. The van der Waals surface area contributed by atoms with Gasteiger partial charge in [0.15, 0.2) is 5.78 Å². The van der Waals surface area contributed by atoms with Crippen LogP contribution in [0.3, 0.4) is 0 Å². The van der Waals surface area contributed by atoms with E-state index in [-0.39, 0.29) is 28.8 Å². The van der Waals surface area contributed by atoms with E-state index in [1.54, 1.807) is 45.0 Å². The Morgan fingerprint density at radius 3 is 2.30 bits per heavy atom. The molecule has 0 saturated heterocycles. The van der Waals surface area contributed by atoms with Gasteiger partial charge in [0.25, 0.3) is 0 Å². The first-order valence-electron chi connectivity index (χ1n) is 7.15. The quantitative estimate of drug-likeness (QED) is 0.511.